The van der Waals surface area contributed by atoms with Gasteiger partial charge < -0.3 is 17.5 Å². The van der Waals surface area contributed by atoms with Crippen LogP contribution in [-0.4, -0.2) is 12.2 Å². The Morgan fingerprint density at radius 2 is 1.25 bits per heavy atom. The van der Waals surface area contributed by atoms with Crippen molar-refractivity contribution in [2.45, 2.75) is 0 Å². The van der Waals surface area contributed by atoms with Crippen molar-refractivity contribution < 1.29 is 34.6 Å². The molecule has 0 atom stereocenters. The molecule has 4 heavy (non-hydrogen) atoms. The summed E-state index contributed by atoms with van der Waals surface area (Å²) < 4.78 is 0. The molecule has 0 saturated carbocycles. The van der Waals surface area contributed by atoms with E-state index in [-0.39, 0.29) is 29.5 Å². The summed E-state index contributed by atoms with van der Waals surface area (Å²) in [6.45, 7) is 0. The van der Waals surface area contributed by atoms with Crippen LogP contribution in [0, 0.1) is 0 Å². The third kappa shape index (κ3) is 14.6. The van der Waals surface area contributed by atoms with Crippen LogP contribution in [0.25, 0.3) is 0 Å². The van der Waals surface area contributed by atoms with Crippen LogP contribution in [0.2, 0.25) is 0 Å². The van der Waals surface area contributed by atoms with Gasteiger partial charge in [0.25, 0.3) is 0 Å². The van der Waals surface area contributed by atoms with E-state index >= 15 is 0 Å². The Kier molecular flexibility index (Phi) is 264. The van der Waals surface area contributed by atoms with Crippen LogP contribution in [0.5, 0.6) is 0 Å². The zero-order chi connectivity index (χ0) is 2.00. The Bertz CT molecular complexity index is 8.00. The van der Waals surface area contributed by atoms with E-state index in [1.807, 2.05) is 0 Å². The summed E-state index contributed by atoms with van der Waals surface area (Å²) in [5.74, 6) is 0. The van der Waals surface area contributed by atoms with Crippen molar-refractivity contribution in [1.29, 1.82) is 0 Å². The summed E-state index contributed by atoms with van der Waals surface area (Å²) in [6, 6.07) is 0. The molecule has 0 bridgehead atoms. The molecule has 0 aliphatic rings. The second-order valence-electron chi connectivity index (χ2n) is 0. The zero-order valence-electron chi connectivity index (χ0n) is 2.20. The minimum atomic E-state index is 0. The molecule has 0 saturated heterocycles. The second kappa shape index (κ2) is 48.8. The van der Waals surface area contributed by atoms with Crippen molar-refractivity contribution in [2.75, 3.05) is 7.11 Å². The van der Waals surface area contributed by atoms with Crippen LogP contribution in [0.4, 0.5) is 0 Å². The standard InChI is InChI=1S/CH4O.ClH.Mn/c1-2;;/h2H,1H3;1H;/p-1. The summed E-state index contributed by atoms with van der Waals surface area (Å²) in [5.41, 5.74) is 0. The Hall–Kier alpha value is 0.769. The van der Waals surface area contributed by atoms with Crippen molar-refractivity contribution in [3.05, 3.63) is 0 Å². The first kappa shape index (κ1) is 21.6. The Morgan fingerprint density at radius 3 is 1.25 bits per heavy atom. The minimum Gasteiger partial charge on any atom is -1.00 e. The SMILES string of the molecule is CO.[Cl-].[Mn]. The predicted octanol–water partition coefficient (Wildman–Crippen LogP) is -3.39. The largest absolute Gasteiger partial charge is 1.00 e. The van der Waals surface area contributed by atoms with Gasteiger partial charge in [0, 0.05) is 24.2 Å². The number of hydrogen-bond acceptors (Lipinski definition) is 1. The summed E-state index contributed by atoms with van der Waals surface area (Å²) in [5, 5.41) is 7.00. The fourth-order valence-electron chi connectivity index (χ4n) is 0. The molecule has 0 aliphatic carbocycles. The molecule has 0 rings (SSSR count). The molecular weight excluding hydrogens is 118 g/mol. The molecule has 0 aliphatic heterocycles. The topological polar surface area (TPSA) is 20.2 Å². The van der Waals surface area contributed by atoms with E-state index in [0.29, 0.717) is 0 Å². The Morgan fingerprint density at radius 1 is 1.25 bits per heavy atom. The first-order valence-corrected chi connectivity index (χ1v) is 0.447. The second-order valence-corrected chi connectivity index (χ2v) is 0. The first-order valence-electron chi connectivity index (χ1n) is 0.447. The van der Waals surface area contributed by atoms with Crippen molar-refractivity contribution in [3.8, 4) is 0 Å². The normalized spacial score (nSPS) is 1.50. The van der Waals surface area contributed by atoms with Gasteiger partial charge in [0.05, 0.1) is 0 Å². The van der Waals surface area contributed by atoms with Gasteiger partial charge in [-0.05, 0) is 0 Å². The molecule has 29 valence electrons. The molecule has 0 aromatic heterocycles. The van der Waals surface area contributed by atoms with Crippen LogP contribution in [0.1, 0.15) is 0 Å². The van der Waals surface area contributed by atoms with E-state index in [0.717, 1.165) is 7.11 Å². The Balaban J connectivity index is -0.00000000500. The molecule has 0 spiro atoms. The predicted molar refractivity (Wildman–Crippen MR) is 8.14 cm³/mol. The van der Waals surface area contributed by atoms with Crippen LogP contribution < -0.4 is 12.4 Å². The quantitative estimate of drug-likeness (QED) is 0.332. The van der Waals surface area contributed by atoms with Crippen LogP contribution >= 0.6 is 0 Å². The van der Waals surface area contributed by atoms with E-state index in [4.69, 9.17) is 5.11 Å². The molecule has 0 fully saturated rings. The van der Waals surface area contributed by atoms with Crippen LogP contribution in [0.3, 0.4) is 0 Å². The number of halogens is 1. The minimum absolute atomic E-state index is 0. The van der Waals surface area contributed by atoms with Crippen LogP contribution in [-0.2, 0) is 17.1 Å². The third-order valence-corrected chi connectivity index (χ3v) is 0. The molecule has 1 nitrogen and oxygen atoms in total. The van der Waals surface area contributed by atoms with Crippen molar-refractivity contribution in [3.63, 3.8) is 0 Å². The maximum atomic E-state index is 7.00. The van der Waals surface area contributed by atoms with Gasteiger partial charge in [-0.15, -0.1) is 0 Å². The van der Waals surface area contributed by atoms with Crippen molar-refractivity contribution >= 4 is 0 Å². The average molecular weight is 122 g/mol. The first-order chi connectivity index (χ1) is 1.00. The summed E-state index contributed by atoms with van der Waals surface area (Å²) in [7, 11) is 1.00. The molecule has 1 N–H and O–H groups in total. The number of rotatable bonds is 0. The molecule has 0 amide bonds. The number of aliphatic hydroxyl groups excluding tert-OH is 1. The van der Waals surface area contributed by atoms with Crippen molar-refractivity contribution in [2.24, 2.45) is 0 Å². The van der Waals surface area contributed by atoms with E-state index in [2.05, 4.69) is 0 Å². The monoisotopic (exact) mass is 122 g/mol. The van der Waals surface area contributed by atoms with Gasteiger partial charge in [-0.2, -0.15) is 0 Å². The molecule has 0 aromatic carbocycles. The van der Waals surface area contributed by atoms with Gasteiger partial charge in [-0.25, -0.2) is 0 Å². The third-order valence-electron chi connectivity index (χ3n) is 0. The van der Waals surface area contributed by atoms with Crippen molar-refractivity contribution in [1.82, 2.24) is 0 Å². The summed E-state index contributed by atoms with van der Waals surface area (Å²) >= 11 is 0. The zero-order valence-corrected chi connectivity index (χ0v) is 4.14. The molecule has 0 heterocycles. The van der Waals surface area contributed by atoms with E-state index < -0.39 is 0 Å². The van der Waals surface area contributed by atoms with Gasteiger partial charge in [0.2, 0.25) is 0 Å². The van der Waals surface area contributed by atoms with Gasteiger partial charge in [-0.3, -0.25) is 0 Å². The number of aliphatic hydroxyl groups is 1. The maximum Gasteiger partial charge on any atom is 0.0319 e. The van der Waals surface area contributed by atoms with E-state index in [1.165, 1.54) is 0 Å². The van der Waals surface area contributed by atoms with E-state index in [9.17, 15) is 0 Å². The van der Waals surface area contributed by atoms with Crippen LogP contribution in [0.15, 0.2) is 0 Å². The summed E-state index contributed by atoms with van der Waals surface area (Å²) in [4.78, 5) is 0. The molecule has 0 aromatic rings. The summed E-state index contributed by atoms with van der Waals surface area (Å²) in [6.07, 6.45) is 0. The molecule has 0 unspecified atom stereocenters. The Labute approximate surface area is 42.3 Å². The van der Waals surface area contributed by atoms with Gasteiger partial charge in [-0.1, -0.05) is 0 Å². The van der Waals surface area contributed by atoms with Gasteiger partial charge >= 0.3 is 0 Å². The molecule has 1 radical (unpaired) electrons. The maximum absolute atomic E-state index is 7.00. The smallest absolute Gasteiger partial charge is 0.0319 e. The van der Waals surface area contributed by atoms with E-state index in [1.54, 1.807) is 0 Å². The molecule has 3 heteroatoms. The number of hydrogen-bond donors (Lipinski definition) is 1. The van der Waals surface area contributed by atoms with Gasteiger partial charge in [0.15, 0.2) is 0 Å². The fourth-order valence-corrected chi connectivity index (χ4v) is 0. The molecular formula is CH4ClMnO-. The fraction of sp³-hybridized carbons (Fsp3) is 1.00. The average Bonchev–Trinajstić information content (AvgIpc) is 1.00. The van der Waals surface area contributed by atoms with Gasteiger partial charge in [0.1, 0.15) is 0 Å².